The lowest BCUT2D eigenvalue weighted by molar-refractivity contribution is 0.0592. The van der Waals surface area contributed by atoms with Crippen LogP contribution in [0, 0.1) is 0 Å². The molecule has 0 fully saturated rings. The van der Waals surface area contributed by atoms with Gasteiger partial charge in [0.05, 0.1) is 25.2 Å². The van der Waals surface area contributed by atoms with Crippen LogP contribution in [0.4, 0.5) is 0 Å². The number of hydrogen-bond acceptors (Lipinski definition) is 2. The highest BCUT2D eigenvalue weighted by atomic mass is 16.5. The van der Waals surface area contributed by atoms with E-state index in [4.69, 9.17) is 9.15 Å². The van der Waals surface area contributed by atoms with Crippen LogP contribution in [0.2, 0.25) is 0 Å². The average molecular weight is 190 g/mol. The summed E-state index contributed by atoms with van der Waals surface area (Å²) in [5, 5.41) is 0. The number of hydrogen-bond donors (Lipinski definition) is 0. The van der Waals surface area contributed by atoms with E-state index in [0.717, 1.165) is 12.0 Å². The van der Waals surface area contributed by atoms with Gasteiger partial charge in [-0.2, -0.15) is 0 Å². The van der Waals surface area contributed by atoms with Crippen molar-refractivity contribution in [3.05, 3.63) is 48.0 Å². The second kappa shape index (κ2) is 3.84. The van der Waals surface area contributed by atoms with Crippen molar-refractivity contribution in [3.63, 3.8) is 0 Å². The monoisotopic (exact) mass is 190 g/mol. The van der Waals surface area contributed by atoms with E-state index in [0.29, 0.717) is 6.61 Å². The zero-order valence-electron chi connectivity index (χ0n) is 8.32. The predicted octanol–water partition coefficient (Wildman–Crippen LogP) is 3.24. The Balaban J connectivity index is 2.15. The summed E-state index contributed by atoms with van der Waals surface area (Å²) in [6.45, 7) is 6.56. The van der Waals surface area contributed by atoms with E-state index in [2.05, 4.69) is 13.5 Å². The number of furan rings is 1. The molecule has 2 rings (SSSR count). The van der Waals surface area contributed by atoms with Gasteiger partial charge in [-0.25, -0.2) is 0 Å². The first-order chi connectivity index (χ1) is 6.81. The first-order valence-electron chi connectivity index (χ1n) is 4.76. The SMILES string of the molecule is C=CC1=C(C)CC(c2ccoc2)OC1. The summed E-state index contributed by atoms with van der Waals surface area (Å²) in [7, 11) is 0. The van der Waals surface area contributed by atoms with Crippen molar-refractivity contribution in [1.82, 2.24) is 0 Å². The van der Waals surface area contributed by atoms with E-state index < -0.39 is 0 Å². The van der Waals surface area contributed by atoms with Crippen molar-refractivity contribution in [2.75, 3.05) is 6.61 Å². The molecule has 1 aromatic rings. The van der Waals surface area contributed by atoms with Crippen LogP contribution in [0.25, 0.3) is 0 Å². The molecule has 14 heavy (non-hydrogen) atoms. The summed E-state index contributed by atoms with van der Waals surface area (Å²) in [4.78, 5) is 0. The summed E-state index contributed by atoms with van der Waals surface area (Å²) in [5.41, 5.74) is 3.69. The van der Waals surface area contributed by atoms with Gasteiger partial charge in [-0.3, -0.25) is 0 Å². The molecule has 0 radical (unpaired) electrons. The number of ether oxygens (including phenoxy) is 1. The standard InChI is InChI=1S/C12H14O2/c1-3-10-8-14-12(6-9(10)2)11-4-5-13-7-11/h3-5,7,12H,1,6,8H2,2H3. The van der Waals surface area contributed by atoms with Crippen LogP contribution in [0.3, 0.4) is 0 Å². The van der Waals surface area contributed by atoms with Crippen LogP contribution in [-0.4, -0.2) is 6.61 Å². The van der Waals surface area contributed by atoms with E-state index in [9.17, 15) is 0 Å². The predicted molar refractivity (Wildman–Crippen MR) is 54.9 cm³/mol. The van der Waals surface area contributed by atoms with Crippen LogP contribution in [0.1, 0.15) is 25.0 Å². The molecule has 1 aliphatic rings. The zero-order chi connectivity index (χ0) is 9.97. The van der Waals surface area contributed by atoms with Gasteiger partial charge in [0.15, 0.2) is 0 Å². The van der Waals surface area contributed by atoms with Gasteiger partial charge in [-0.1, -0.05) is 18.2 Å². The Labute approximate surface area is 83.9 Å². The van der Waals surface area contributed by atoms with Gasteiger partial charge in [0.2, 0.25) is 0 Å². The van der Waals surface area contributed by atoms with Crippen LogP contribution in [0.15, 0.2) is 46.8 Å². The van der Waals surface area contributed by atoms with Gasteiger partial charge in [0.1, 0.15) is 0 Å². The van der Waals surface area contributed by atoms with Crippen molar-refractivity contribution in [1.29, 1.82) is 0 Å². The Bertz CT molecular complexity index is 346. The molecule has 0 saturated heterocycles. The molecule has 1 aliphatic heterocycles. The van der Waals surface area contributed by atoms with Gasteiger partial charge in [-0.15, -0.1) is 0 Å². The molecule has 0 amide bonds. The molecule has 2 heteroatoms. The maximum atomic E-state index is 5.71. The lowest BCUT2D eigenvalue weighted by Crippen LogP contribution is -2.13. The molecule has 0 saturated carbocycles. The zero-order valence-corrected chi connectivity index (χ0v) is 8.32. The fourth-order valence-electron chi connectivity index (χ4n) is 1.69. The lowest BCUT2D eigenvalue weighted by Gasteiger charge is -2.24. The quantitative estimate of drug-likeness (QED) is 0.714. The Kier molecular flexibility index (Phi) is 2.55. The molecule has 74 valence electrons. The maximum absolute atomic E-state index is 5.71. The van der Waals surface area contributed by atoms with Crippen molar-refractivity contribution < 1.29 is 9.15 Å². The number of rotatable bonds is 2. The molecule has 0 bridgehead atoms. The van der Waals surface area contributed by atoms with E-state index >= 15 is 0 Å². The van der Waals surface area contributed by atoms with Crippen LogP contribution >= 0.6 is 0 Å². The van der Waals surface area contributed by atoms with Crippen LogP contribution < -0.4 is 0 Å². The topological polar surface area (TPSA) is 22.4 Å². The minimum Gasteiger partial charge on any atom is -0.472 e. The second-order valence-electron chi connectivity index (χ2n) is 3.57. The average Bonchev–Trinajstić information content (AvgIpc) is 2.70. The highest BCUT2D eigenvalue weighted by Gasteiger charge is 2.19. The third-order valence-corrected chi connectivity index (χ3v) is 2.64. The molecule has 0 aliphatic carbocycles. The fraction of sp³-hybridized carbons (Fsp3) is 0.333. The molecule has 2 nitrogen and oxygen atoms in total. The third-order valence-electron chi connectivity index (χ3n) is 2.64. The second-order valence-corrected chi connectivity index (χ2v) is 3.57. The van der Waals surface area contributed by atoms with Crippen molar-refractivity contribution in [2.45, 2.75) is 19.4 Å². The molecule has 1 aromatic heterocycles. The fourth-order valence-corrected chi connectivity index (χ4v) is 1.69. The summed E-state index contributed by atoms with van der Waals surface area (Å²) in [6.07, 6.45) is 6.39. The highest BCUT2D eigenvalue weighted by molar-refractivity contribution is 5.27. The van der Waals surface area contributed by atoms with Gasteiger partial charge in [0, 0.05) is 5.56 Å². The molecule has 2 heterocycles. The van der Waals surface area contributed by atoms with Gasteiger partial charge in [0.25, 0.3) is 0 Å². The Hall–Kier alpha value is -1.28. The van der Waals surface area contributed by atoms with Gasteiger partial charge < -0.3 is 9.15 Å². The largest absolute Gasteiger partial charge is 0.472 e. The Morgan fingerprint density at radius 1 is 1.57 bits per heavy atom. The smallest absolute Gasteiger partial charge is 0.0960 e. The van der Waals surface area contributed by atoms with E-state index in [1.165, 1.54) is 11.1 Å². The lowest BCUT2D eigenvalue weighted by atomic mass is 9.98. The first-order valence-corrected chi connectivity index (χ1v) is 4.76. The summed E-state index contributed by atoms with van der Waals surface area (Å²) < 4.78 is 10.7. The summed E-state index contributed by atoms with van der Waals surface area (Å²) >= 11 is 0. The molecule has 0 N–H and O–H groups in total. The van der Waals surface area contributed by atoms with Gasteiger partial charge in [-0.05, 0) is 25.0 Å². The Morgan fingerprint density at radius 3 is 3.00 bits per heavy atom. The van der Waals surface area contributed by atoms with Gasteiger partial charge >= 0.3 is 0 Å². The minimum absolute atomic E-state index is 0.150. The third kappa shape index (κ3) is 1.66. The van der Waals surface area contributed by atoms with Crippen LogP contribution in [-0.2, 0) is 4.74 Å². The molecule has 0 aromatic carbocycles. The van der Waals surface area contributed by atoms with Crippen LogP contribution in [0.5, 0.6) is 0 Å². The molecule has 1 atom stereocenters. The van der Waals surface area contributed by atoms with E-state index in [1.807, 2.05) is 12.1 Å². The molecular weight excluding hydrogens is 176 g/mol. The summed E-state index contributed by atoms with van der Waals surface area (Å²) in [6, 6.07) is 1.96. The minimum atomic E-state index is 0.150. The highest BCUT2D eigenvalue weighted by Crippen LogP contribution is 2.31. The normalized spacial score (nSPS) is 22.5. The summed E-state index contributed by atoms with van der Waals surface area (Å²) in [5.74, 6) is 0. The van der Waals surface area contributed by atoms with E-state index in [-0.39, 0.29) is 6.10 Å². The molecular formula is C12H14O2. The van der Waals surface area contributed by atoms with E-state index in [1.54, 1.807) is 12.5 Å². The Morgan fingerprint density at radius 2 is 2.43 bits per heavy atom. The molecule has 0 spiro atoms. The van der Waals surface area contributed by atoms with Crippen molar-refractivity contribution in [3.8, 4) is 0 Å². The maximum Gasteiger partial charge on any atom is 0.0960 e. The molecule has 1 unspecified atom stereocenters. The van der Waals surface area contributed by atoms with Crippen molar-refractivity contribution >= 4 is 0 Å². The first kappa shape index (κ1) is 9.28. The van der Waals surface area contributed by atoms with Crippen molar-refractivity contribution in [2.24, 2.45) is 0 Å².